The van der Waals surface area contributed by atoms with Crippen LogP contribution in [-0.4, -0.2) is 40.8 Å². The number of nitrogens with zero attached hydrogens (tertiary/aromatic N) is 3. The highest BCUT2D eigenvalue weighted by Crippen LogP contribution is 2.32. The Morgan fingerprint density at radius 2 is 1.96 bits per heavy atom. The summed E-state index contributed by atoms with van der Waals surface area (Å²) in [5, 5.41) is 13.6. The standard InChI is InChI=1S/C20H34N4O/c1-14(2)10-15-6-4-9-17(22-19(15)13-25)18-11-21-12-20(23-18)24(3)16-7-5-8-16/h11-12,14-17,19,22,25H,4-10,13H2,1-3H3. The molecule has 1 aliphatic heterocycles. The topological polar surface area (TPSA) is 61.3 Å². The number of nitrogens with one attached hydrogen (secondary N) is 1. The van der Waals surface area contributed by atoms with Gasteiger partial charge >= 0.3 is 0 Å². The van der Waals surface area contributed by atoms with Gasteiger partial charge in [-0.15, -0.1) is 0 Å². The molecule has 2 N–H and O–H groups in total. The minimum absolute atomic E-state index is 0.157. The van der Waals surface area contributed by atoms with Gasteiger partial charge in [-0.3, -0.25) is 4.98 Å². The minimum Gasteiger partial charge on any atom is -0.395 e. The highest BCUT2D eigenvalue weighted by Gasteiger charge is 2.30. The highest BCUT2D eigenvalue weighted by molar-refractivity contribution is 5.37. The largest absolute Gasteiger partial charge is 0.395 e. The van der Waals surface area contributed by atoms with Crippen LogP contribution in [0.4, 0.5) is 5.82 Å². The van der Waals surface area contributed by atoms with E-state index in [0.717, 1.165) is 17.9 Å². The molecule has 1 saturated heterocycles. The van der Waals surface area contributed by atoms with Crippen LogP contribution in [0.3, 0.4) is 0 Å². The van der Waals surface area contributed by atoms with Gasteiger partial charge in [0.1, 0.15) is 5.82 Å². The molecule has 0 amide bonds. The van der Waals surface area contributed by atoms with E-state index in [2.05, 4.69) is 36.1 Å². The quantitative estimate of drug-likeness (QED) is 0.827. The van der Waals surface area contributed by atoms with Crippen molar-refractivity contribution in [3.05, 3.63) is 18.1 Å². The van der Waals surface area contributed by atoms with Gasteiger partial charge in [0.2, 0.25) is 0 Å². The van der Waals surface area contributed by atoms with Crippen molar-refractivity contribution in [2.75, 3.05) is 18.6 Å². The van der Waals surface area contributed by atoms with Crippen LogP contribution in [0, 0.1) is 11.8 Å². The first-order chi connectivity index (χ1) is 12.1. The van der Waals surface area contributed by atoms with Crippen LogP contribution in [0.25, 0.3) is 0 Å². The molecule has 0 bridgehead atoms. The Labute approximate surface area is 152 Å². The van der Waals surface area contributed by atoms with E-state index in [1.165, 1.54) is 38.5 Å². The van der Waals surface area contributed by atoms with Crippen LogP contribution >= 0.6 is 0 Å². The molecule has 2 fully saturated rings. The summed E-state index contributed by atoms with van der Waals surface area (Å²) < 4.78 is 0. The van der Waals surface area contributed by atoms with Crippen LogP contribution in [-0.2, 0) is 0 Å². The van der Waals surface area contributed by atoms with Gasteiger partial charge in [0, 0.05) is 19.1 Å². The van der Waals surface area contributed by atoms with Crippen LogP contribution in [0.2, 0.25) is 0 Å². The summed E-state index contributed by atoms with van der Waals surface area (Å²) in [5.41, 5.74) is 1.02. The fraction of sp³-hybridized carbons (Fsp3) is 0.800. The Balaban J connectivity index is 1.72. The van der Waals surface area contributed by atoms with Gasteiger partial charge in [0.15, 0.2) is 0 Å². The smallest absolute Gasteiger partial charge is 0.147 e. The number of hydrogen-bond donors (Lipinski definition) is 2. The van der Waals surface area contributed by atoms with Crippen LogP contribution in [0.5, 0.6) is 0 Å². The molecule has 3 atom stereocenters. The lowest BCUT2D eigenvalue weighted by atomic mass is 9.88. The van der Waals surface area contributed by atoms with Gasteiger partial charge in [-0.2, -0.15) is 0 Å². The van der Waals surface area contributed by atoms with Gasteiger partial charge in [-0.05, 0) is 50.4 Å². The summed E-state index contributed by atoms with van der Waals surface area (Å²) in [4.78, 5) is 11.7. The SMILES string of the molecule is CC(C)CC1CCCC(c2cncc(N(C)C3CCC3)n2)NC1CO. The zero-order valence-corrected chi connectivity index (χ0v) is 16.0. The van der Waals surface area contributed by atoms with E-state index in [0.29, 0.717) is 17.9 Å². The summed E-state index contributed by atoms with van der Waals surface area (Å²) in [5.74, 6) is 2.19. The van der Waals surface area contributed by atoms with Crippen molar-refractivity contribution in [2.24, 2.45) is 11.8 Å². The second-order valence-corrected chi connectivity index (χ2v) is 8.33. The highest BCUT2D eigenvalue weighted by atomic mass is 16.3. The molecule has 2 heterocycles. The van der Waals surface area contributed by atoms with Crippen molar-refractivity contribution in [2.45, 2.75) is 76.9 Å². The van der Waals surface area contributed by atoms with E-state index in [9.17, 15) is 5.11 Å². The lowest BCUT2D eigenvalue weighted by Crippen LogP contribution is -2.41. The third kappa shape index (κ3) is 4.50. The second-order valence-electron chi connectivity index (χ2n) is 8.33. The van der Waals surface area contributed by atoms with Crippen LogP contribution in [0.15, 0.2) is 12.4 Å². The van der Waals surface area contributed by atoms with E-state index >= 15 is 0 Å². The average molecular weight is 347 g/mol. The molecule has 2 aliphatic rings. The lowest BCUT2D eigenvalue weighted by molar-refractivity contribution is 0.178. The number of aromatic nitrogens is 2. The molecule has 0 radical (unpaired) electrons. The summed E-state index contributed by atoms with van der Waals surface area (Å²) in [6.45, 7) is 4.73. The number of aliphatic hydroxyl groups is 1. The molecular weight excluding hydrogens is 312 g/mol. The fourth-order valence-corrected chi connectivity index (χ4v) is 4.26. The predicted octanol–water partition coefficient (Wildman–Crippen LogP) is 3.30. The third-order valence-corrected chi connectivity index (χ3v) is 6.00. The molecule has 25 heavy (non-hydrogen) atoms. The maximum Gasteiger partial charge on any atom is 0.147 e. The van der Waals surface area contributed by atoms with Gasteiger partial charge in [-0.25, -0.2) is 4.98 Å². The molecule has 3 rings (SSSR count). The summed E-state index contributed by atoms with van der Waals surface area (Å²) in [6.07, 6.45) is 12.2. The monoisotopic (exact) mass is 346 g/mol. The molecule has 1 saturated carbocycles. The van der Waals surface area contributed by atoms with Crippen LogP contribution in [0.1, 0.15) is 70.5 Å². The van der Waals surface area contributed by atoms with E-state index < -0.39 is 0 Å². The molecule has 5 heteroatoms. The molecule has 140 valence electrons. The maximum atomic E-state index is 9.91. The van der Waals surface area contributed by atoms with Crippen molar-refractivity contribution in [3.63, 3.8) is 0 Å². The zero-order chi connectivity index (χ0) is 17.8. The Morgan fingerprint density at radius 3 is 2.60 bits per heavy atom. The third-order valence-electron chi connectivity index (χ3n) is 6.00. The van der Waals surface area contributed by atoms with E-state index in [1.807, 2.05) is 12.4 Å². The van der Waals surface area contributed by atoms with Gasteiger partial charge in [0.05, 0.1) is 30.7 Å². The molecule has 0 spiro atoms. The molecular formula is C20H34N4O. The normalized spacial score (nSPS) is 27.8. The Kier molecular flexibility index (Phi) is 6.29. The van der Waals surface area contributed by atoms with Crippen molar-refractivity contribution < 1.29 is 5.11 Å². The summed E-state index contributed by atoms with van der Waals surface area (Å²) in [6, 6.07) is 0.966. The van der Waals surface area contributed by atoms with Crippen molar-refractivity contribution in [3.8, 4) is 0 Å². The minimum atomic E-state index is 0.157. The fourth-order valence-electron chi connectivity index (χ4n) is 4.26. The average Bonchev–Trinajstić information content (AvgIpc) is 2.75. The van der Waals surface area contributed by atoms with E-state index in [1.54, 1.807) is 0 Å². The Bertz CT molecular complexity index is 546. The van der Waals surface area contributed by atoms with Gasteiger partial charge < -0.3 is 15.3 Å². The first-order valence-electron chi connectivity index (χ1n) is 10.00. The maximum absolute atomic E-state index is 9.91. The Morgan fingerprint density at radius 1 is 1.20 bits per heavy atom. The van der Waals surface area contributed by atoms with Crippen molar-refractivity contribution in [1.29, 1.82) is 0 Å². The summed E-state index contributed by atoms with van der Waals surface area (Å²) in [7, 11) is 2.13. The predicted molar refractivity (Wildman–Crippen MR) is 102 cm³/mol. The lowest BCUT2D eigenvalue weighted by Gasteiger charge is -2.35. The van der Waals surface area contributed by atoms with E-state index in [-0.39, 0.29) is 18.7 Å². The molecule has 1 aliphatic carbocycles. The first-order valence-corrected chi connectivity index (χ1v) is 10.00. The van der Waals surface area contributed by atoms with Crippen molar-refractivity contribution in [1.82, 2.24) is 15.3 Å². The number of aliphatic hydroxyl groups excluding tert-OH is 1. The van der Waals surface area contributed by atoms with Crippen LogP contribution < -0.4 is 10.2 Å². The first kappa shape index (κ1) is 18.6. The zero-order valence-electron chi connectivity index (χ0n) is 16.0. The van der Waals surface area contributed by atoms with E-state index in [4.69, 9.17) is 4.98 Å². The van der Waals surface area contributed by atoms with Gasteiger partial charge in [-0.1, -0.05) is 20.3 Å². The van der Waals surface area contributed by atoms with Crippen molar-refractivity contribution >= 4 is 5.82 Å². The number of rotatable bonds is 6. The molecule has 0 aromatic carbocycles. The number of anilines is 1. The molecule has 3 unspecified atom stereocenters. The Hall–Kier alpha value is -1.20. The number of hydrogen-bond acceptors (Lipinski definition) is 5. The molecule has 5 nitrogen and oxygen atoms in total. The van der Waals surface area contributed by atoms with Gasteiger partial charge in [0.25, 0.3) is 0 Å². The molecule has 1 aromatic heterocycles. The second kappa shape index (κ2) is 8.45. The summed E-state index contributed by atoms with van der Waals surface area (Å²) >= 11 is 0. The molecule has 1 aromatic rings.